The predicted molar refractivity (Wildman–Crippen MR) is 73.0 cm³/mol. The minimum absolute atomic E-state index is 0.178. The molecule has 20 heavy (non-hydrogen) atoms. The first kappa shape index (κ1) is 16.7. The quantitative estimate of drug-likeness (QED) is 0.769. The predicted octanol–water partition coefficient (Wildman–Crippen LogP) is 3.76. The van der Waals surface area contributed by atoms with Gasteiger partial charge in [0.1, 0.15) is 0 Å². The molecule has 0 aliphatic heterocycles. The van der Waals surface area contributed by atoms with Crippen LogP contribution in [0.25, 0.3) is 0 Å². The second-order valence-electron chi connectivity index (χ2n) is 5.04. The van der Waals surface area contributed by atoms with Crippen LogP contribution in [-0.4, -0.2) is 36.0 Å². The van der Waals surface area contributed by atoms with Gasteiger partial charge in [0.25, 0.3) is 0 Å². The smallest absolute Gasteiger partial charge is 0.292 e. The van der Waals surface area contributed by atoms with E-state index in [1.807, 2.05) is 19.1 Å². The van der Waals surface area contributed by atoms with E-state index in [1.165, 1.54) is 6.92 Å². The van der Waals surface area contributed by atoms with Crippen LogP contribution in [0.5, 0.6) is 0 Å². The Morgan fingerprint density at radius 3 is 2.40 bits per heavy atom. The van der Waals surface area contributed by atoms with Crippen molar-refractivity contribution in [2.24, 2.45) is 0 Å². The molecule has 0 aromatic heterocycles. The average molecular weight is 287 g/mol. The summed E-state index contributed by atoms with van der Waals surface area (Å²) in [6.07, 6.45) is -4.30. The summed E-state index contributed by atoms with van der Waals surface area (Å²) in [5.74, 6) is -0.266. The van der Waals surface area contributed by atoms with Crippen molar-refractivity contribution in [1.82, 2.24) is 4.90 Å². The molecule has 0 aliphatic rings. The minimum atomic E-state index is -4.30. The molecule has 5 heteroatoms. The van der Waals surface area contributed by atoms with Crippen LogP contribution in [0.1, 0.15) is 35.3 Å². The number of aryl methyl sites for hydroxylation is 2. The van der Waals surface area contributed by atoms with E-state index in [1.54, 1.807) is 19.9 Å². The lowest BCUT2D eigenvalue weighted by Crippen LogP contribution is -2.44. The third-order valence-electron chi connectivity index (χ3n) is 3.37. The zero-order valence-electron chi connectivity index (χ0n) is 12.2. The van der Waals surface area contributed by atoms with E-state index in [2.05, 4.69) is 0 Å². The molecule has 0 saturated carbocycles. The van der Waals surface area contributed by atoms with Gasteiger partial charge in [0.15, 0.2) is 5.78 Å². The first-order valence-corrected chi connectivity index (χ1v) is 6.58. The van der Waals surface area contributed by atoms with Gasteiger partial charge in [-0.15, -0.1) is 0 Å². The molecule has 0 fully saturated rings. The van der Waals surface area contributed by atoms with Crippen molar-refractivity contribution in [2.75, 3.05) is 13.1 Å². The number of halogens is 3. The Hall–Kier alpha value is -1.36. The second kappa shape index (κ2) is 6.39. The molecule has 1 atom stereocenters. The number of nitrogens with zero attached hydrogens (tertiary/aromatic N) is 1. The van der Waals surface area contributed by atoms with Gasteiger partial charge >= 0.3 is 6.18 Å². The molecule has 1 unspecified atom stereocenters. The zero-order valence-corrected chi connectivity index (χ0v) is 12.2. The van der Waals surface area contributed by atoms with Crippen molar-refractivity contribution in [3.63, 3.8) is 0 Å². The third kappa shape index (κ3) is 4.34. The van der Waals surface area contributed by atoms with E-state index < -0.39 is 18.8 Å². The molecular weight excluding hydrogens is 267 g/mol. The lowest BCUT2D eigenvalue weighted by atomic mass is 9.97. The monoisotopic (exact) mass is 287 g/mol. The molecule has 0 saturated heterocycles. The van der Waals surface area contributed by atoms with Gasteiger partial charge in [0.2, 0.25) is 0 Å². The number of rotatable bonds is 5. The summed E-state index contributed by atoms with van der Waals surface area (Å²) in [6, 6.07) is 4.64. The Balaban J connectivity index is 2.97. The molecule has 0 bridgehead atoms. The molecule has 0 N–H and O–H groups in total. The number of carbonyl (C=O) groups excluding carboxylic acids is 1. The highest BCUT2D eigenvalue weighted by Crippen LogP contribution is 2.20. The molecule has 0 heterocycles. The largest absolute Gasteiger partial charge is 0.401 e. The molecule has 2 nitrogen and oxygen atoms in total. The van der Waals surface area contributed by atoms with Crippen LogP contribution in [0.15, 0.2) is 18.2 Å². The lowest BCUT2D eigenvalue weighted by Gasteiger charge is -2.28. The fourth-order valence-corrected chi connectivity index (χ4v) is 2.15. The van der Waals surface area contributed by atoms with Crippen LogP contribution >= 0.6 is 0 Å². The van der Waals surface area contributed by atoms with Gasteiger partial charge in [0, 0.05) is 5.56 Å². The number of likely N-dealkylation sites (N-methyl/N-ethyl adjacent to an activating group) is 1. The highest BCUT2D eigenvalue weighted by molar-refractivity contribution is 6.01. The molecule has 1 aromatic carbocycles. The third-order valence-corrected chi connectivity index (χ3v) is 3.37. The van der Waals surface area contributed by atoms with E-state index >= 15 is 0 Å². The van der Waals surface area contributed by atoms with Gasteiger partial charge in [-0.2, -0.15) is 13.2 Å². The fraction of sp³-hybridized carbons (Fsp3) is 0.533. The molecule has 1 rings (SSSR count). The van der Waals surface area contributed by atoms with Crippen LogP contribution in [0.4, 0.5) is 13.2 Å². The maximum Gasteiger partial charge on any atom is 0.401 e. The number of ketones is 1. The summed E-state index contributed by atoms with van der Waals surface area (Å²) in [5, 5.41) is 0. The number of alkyl halides is 3. The van der Waals surface area contributed by atoms with Gasteiger partial charge < -0.3 is 0 Å². The topological polar surface area (TPSA) is 20.3 Å². The van der Waals surface area contributed by atoms with Crippen LogP contribution in [0.2, 0.25) is 0 Å². The first-order chi connectivity index (χ1) is 9.15. The van der Waals surface area contributed by atoms with Crippen molar-refractivity contribution in [1.29, 1.82) is 0 Å². The van der Waals surface area contributed by atoms with E-state index in [4.69, 9.17) is 0 Å². The van der Waals surface area contributed by atoms with Gasteiger partial charge in [-0.1, -0.05) is 24.6 Å². The fourth-order valence-electron chi connectivity index (χ4n) is 2.15. The summed E-state index contributed by atoms with van der Waals surface area (Å²) >= 11 is 0. The van der Waals surface area contributed by atoms with E-state index in [-0.39, 0.29) is 12.3 Å². The van der Waals surface area contributed by atoms with Crippen LogP contribution in [0, 0.1) is 13.8 Å². The normalized spacial score (nSPS) is 13.6. The maximum atomic E-state index is 12.5. The lowest BCUT2D eigenvalue weighted by molar-refractivity contribution is -0.147. The SMILES string of the molecule is CCN(CC(F)(F)F)C(C)C(=O)c1cc(C)ccc1C. The van der Waals surface area contributed by atoms with Gasteiger partial charge in [0.05, 0.1) is 12.6 Å². The van der Waals surface area contributed by atoms with Crippen LogP contribution in [0.3, 0.4) is 0 Å². The summed E-state index contributed by atoms with van der Waals surface area (Å²) < 4.78 is 37.5. The van der Waals surface area contributed by atoms with Gasteiger partial charge in [-0.05, 0) is 38.9 Å². The van der Waals surface area contributed by atoms with Crippen molar-refractivity contribution in [3.05, 3.63) is 34.9 Å². The molecular formula is C15H20F3NO. The van der Waals surface area contributed by atoms with Gasteiger partial charge in [-0.25, -0.2) is 0 Å². The van der Waals surface area contributed by atoms with Crippen LogP contribution in [-0.2, 0) is 0 Å². The van der Waals surface area contributed by atoms with Crippen molar-refractivity contribution < 1.29 is 18.0 Å². The molecule has 0 radical (unpaired) electrons. The number of carbonyl (C=O) groups is 1. The second-order valence-corrected chi connectivity index (χ2v) is 5.04. The average Bonchev–Trinajstić information content (AvgIpc) is 2.36. The Labute approximate surface area is 117 Å². The Morgan fingerprint density at radius 2 is 1.90 bits per heavy atom. The molecule has 0 aliphatic carbocycles. The number of hydrogen-bond acceptors (Lipinski definition) is 2. The standard InChI is InChI=1S/C15H20F3NO/c1-5-19(9-15(16,17)18)12(4)14(20)13-8-10(2)6-7-11(13)3/h6-8,12H,5,9H2,1-4H3. The highest BCUT2D eigenvalue weighted by atomic mass is 19.4. The summed E-state index contributed by atoms with van der Waals surface area (Å²) in [5.41, 5.74) is 2.21. The summed E-state index contributed by atoms with van der Waals surface area (Å²) in [6.45, 7) is 5.91. The number of hydrogen-bond donors (Lipinski definition) is 0. The Kier molecular flexibility index (Phi) is 5.34. The summed E-state index contributed by atoms with van der Waals surface area (Å²) in [7, 11) is 0. The first-order valence-electron chi connectivity index (χ1n) is 6.58. The van der Waals surface area contributed by atoms with E-state index in [0.29, 0.717) is 5.56 Å². The number of Topliss-reactive ketones (excluding diaryl/α,β-unsaturated/α-hetero) is 1. The zero-order chi connectivity index (χ0) is 15.5. The van der Waals surface area contributed by atoms with E-state index in [9.17, 15) is 18.0 Å². The summed E-state index contributed by atoms with van der Waals surface area (Å²) in [4.78, 5) is 13.5. The van der Waals surface area contributed by atoms with Crippen LogP contribution < -0.4 is 0 Å². The van der Waals surface area contributed by atoms with Gasteiger partial charge in [-0.3, -0.25) is 9.69 Å². The molecule has 0 spiro atoms. The Bertz CT molecular complexity index is 482. The minimum Gasteiger partial charge on any atom is -0.292 e. The number of benzene rings is 1. The highest BCUT2D eigenvalue weighted by Gasteiger charge is 2.34. The van der Waals surface area contributed by atoms with Crippen molar-refractivity contribution in [2.45, 2.75) is 39.9 Å². The molecule has 112 valence electrons. The maximum absolute atomic E-state index is 12.5. The molecule has 1 aromatic rings. The van der Waals surface area contributed by atoms with Crippen molar-refractivity contribution >= 4 is 5.78 Å². The molecule has 0 amide bonds. The van der Waals surface area contributed by atoms with Crippen molar-refractivity contribution in [3.8, 4) is 0 Å². The van der Waals surface area contributed by atoms with E-state index in [0.717, 1.165) is 16.0 Å². The Morgan fingerprint density at radius 1 is 1.30 bits per heavy atom.